The molecule has 1 aliphatic carbocycles. The quantitative estimate of drug-likeness (QED) is 0.615. The van der Waals surface area contributed by atoms with Crippen LogP contribution in [-0.4, -0.2) is 23.1 Å². The molecule has 0 bridgehead atoms. The standard InChI is InChI=1S/C21H26F3N3O/c1-14(2)28-20-25-13-18(21(22,23)24)19(26-20)27(3)17-11-7-10-16(12-17)15-8-5-4-6-9-15/h7,10-15H,4-6,8-9H2,1-3H3. The van der Waals surface area contributed by atoms with Crippen molar-refractivity contribution in [1.82, 2.24) is 9.97 Å². The zero-order chi connectivity index (χ0) is 20.3. The van der Waals surface area contributed by atoms with E-state index in [1.54, 1.807) is 27.0 Å². The average molecular weight is 393 g/mol. The molecule has 1 aromatic heterocycles. The first-order chi connectivity index (χ1) is 13.3. The van der Waals surface area contributed by atoms with Crippen LogP contribution in [0, 0.1) is 0 Å². The lowest BCUT2D eigenvalue weighted by atomic mass is 9.84. The predicted octanol–water partition coefficient (Wildman–Crippen LogP) is 6.10. The van der Waals surface area contributed by atoms with Gasteiger partial charge in [0, 0.05) is 18.9 Å². The summed E-state index contributed by atoms with van der Waals surface area (Å²) >= 11 is 0. The molecule has 1 saturated carbocycles. The van der Waals surface area contributed by atoms with E-state index in [-0.39, 0.29) is 17.9 Å². The van der Waals surface area contributed by atoms with Crippen LogP contribution in [-0.2, 0) is 6.18 Å². The van der Waals surface area contributed by atoms with Gasteiger partial charge >= 0.3 is 12.2 Å². The number of hydrogen-bond acceptors (Lipinski definition) is 4. The van der Waals surface area contributed by atoms with E-state index in [0.29, 0.717) is 11.6 Å². The Bertz CT molecular complexity index is 802. The van der Waals surface area contributed by atoms with Crippen LogP contribution in [0.5, 0.6) is 6.01 Å². The van der Waals surface area contributed by atoms with E-state index in [9.17, 15) is 13.2 Å². The molecule has 0 aliphatic heterocycles. The third-order valence-electron chi connectivity index (χ3n) is 5.04. The van der Waals surface area contributed by atoms with Crippen molar-refractivity contribution in [2.45, 2.75) is 64.1 Å². The molecule has 0 unspecified atom stereocenters. The molecule has 0 saturated heterocycles. The monoisotopic (exact) mass is 393 g/mol. The van der Waals surface area contributed by atoms with Crippen molar-refractivity contribution in [3.05, 3.63) is 41.6 Å². The highest BCUT2D eigenvalue weighted by atomic mass is 19.4. The second kappa shape index (κ2) is 8.37. The van der Waals surface area contributed by atoms with E-state index in [1.807, 2.05) is 12.1 Å². The van der Waals surface area contributed by atoms with E-state index in [0.717, 1.165) is 19.0 Å². The van der Waals surface area contributed by atoms with Gasteiger partial charge in [-0.25, -0.2) is 4.98 Å². The topological polar surface area (TPSA) is 38.2 Å². The molecule has 3 rings (SSSR count). The van der Waals surface area contributed by atoms with Crippen molar-refractivity contribution in [2.24, 2.45) is 0 Å². The normalized spacial score (nSPS) is 15.7. The Labute approximate surface area is 163 Å². The van der Waals surface area contributed by atoms with E-state index < -0.39 is 11.7 Å². The molecule has 1 fully saturated rings. The average Bonchev–Trinajstić information content (AvgIpc) is 2.67. The third-order valence-corrected chi connectivity index (χ3v) is 5.04. The van der Waals surface area contributed by atoms with Crippen LogP contribution in [0.25, 0.3) is 0 Å². The van der Waals surface area contributed by atoms with Crippen molar-refractivity contribution in [1.29, 1.82) is 0 Å². The summed E-state index contributed by atoms with van der Waals surface area (Å²) in [6.45, 7) is 3.55. The van der Waals surface area contributed by atoms with Gasteiger partial charge in [-0.05, 0) is 50.3 Å². The van der Waals surface area contributed by atoms with Crippen molar-refractivity contribution in [3.63, 3.8) is 0 Å². The Morgan fingerprint density at radius 2 is 1.86 bits per heavy atom. The van der Waals surface area contributed by atoms with Crippen molar-refractivity contribution < 1.29 is 17.9 Å². The number of aromatic nitrogens is 2. The van der Waals surface area contributed by atoms with Gasteiger partial charge in [-0.2, -0.15) is 18.2 Å². The Balaban J connectivity index is 1.97. The van der Waals surface area contributed by atoms with Gasteiger partial charge in [-0.1, -0.05) is 31.4 Å². The highest BCUT2D eigenvalue weighted by Gasteiger charge is 2.37. The molecule has 2 aromatic rings. The van der Waals surface area contributed by atoms with Gasteiger partial charge in [0.05, 0.1) is 6.10 Å². The maximum absolute atomic E-state index is 13.5. The van der Waals surface area contributed by atoms with Crippen LogP contribution >= 0.6 is 0 Å². The molecule has 0 atom stereocenters. The molecular weight excluding hydrogens is 367 g/mol. The van der Waals surface area contributed by atoms with E-state index in [2.05, 4.69) is 16.0 Å². The maximum Gasteiger partial charge on any atom is 0.421 e. The van der Waals surface area contributed by atoms with Gasteiger partial charge in [0.2, 0.25) is 0 Å². The molecule has 1 aliphatic rings. The number of hydrogen-bond donors (Lipinski definition) is 0. The number of alkyl halides is 3. The third kappa shape index (κ3) is 4.75. The second-order valence-corrected chi connectivity index (χ2v) is 7.54. The van der Waals surface area contributed by atoms with E-state index >= 15 is 0 Å². The first-order valence-corrected chi connectivity index (χ1v) is 9.70. The van der Waals surface area contributed by atoms with E-state index in [4.69, 9.17) is 4.74 Å². The highest BCUT2D eigenvalue weighted by Crippen LogP contribution is 2.39. The van der Waals surface area contributed by atoms with E-state index in [1.165, 1.54) is 29.7 Å². The lowest BCUT2D eigenvalue weighted by Crippen LogP contribution is -2.20. The van der Waals surface area contributed by atoms with Crippen LogP contribution in [0.4, 0.5) is 24.7 Å². The van der Waals surface area contributed by atoms with Crippen LogP contribution in [0.15, 0.2) is 30.5 Å². The minimum Gasteiger partial charge on any atom is -0.461 e. The maximum atomic E-state index is 13.5. The summed E-state index contributed by atoms with van der Waals surface area (Å²) in [5, 5.41) is 0. The molecule has 0 spiro atoms. The Hall–Kier alpha value is -2.31. The zero-order valence-corrected chi connectivity index (χ0v) is 16.5. The molecule has 152 valence electrons. The predicted molar refractivity (Wildman–Crippen MR) is 103 cm³/mol. The summed E-state index contributed by atoms with van der Waals surface area (Å²) in [4.78, 5) is 9.27. The summed E-state index contributed by atoms with van der Waals surface area (Å²) in [5.41, 5.74) is 0.960. The molecular formula is C21H26F3N3O. The first-order valence-electron chi connectivity index (χ1n) is 9.70. The summed E-state index contributed by atoms with van der Waals surface area (Å²) < 4.78 is 46.0. The van der Waals surface area contributed by atoms with Gasteiger partial charge in [-0.3, -0.25) is 0 Å². The lowest BCUT2D eigenvalue weighted by molar-refractivity contribution is -0.137. The van der Waals surface area contributed by atoms with Crippen LogP contribution in [0.2, 0.25) is 0 Å². The fraction of sp³-hybridized carbons (Fsp3) is 0.524. The zero-order valence-electron chi connectivity index (χ0n) is 16.5. The van der Waals surface area contributed by atoms with Crippen LogP contribution < -0.4 is 9.64 Å². The highest BCUT2D eigenvalue weighted by molar-refractivity contribution is 5.63. The second-order valence-electron chi connectivity index (χ2n) is 7.54. The number of anilines is 2. The number of benzene rings is 1. The summed E-state index contributed by atoms with van der Waals surface area (Å²) in [6.07, 6.45) is 1.91. The SMILES string of the molecule is CC(C)Oc1ncc(C(F)(F)F)c(N(C)c2cccc(C3CCCCC3)c2)n1. The number of halogens is 3. The molecule has 7 heteroatoms. The van der Waals surface area contributed by atoms with Gasteiger partial charge in [-0.15, -0.1) is 0 Å². The fourth-order valence-electron chi connectivity index (χ4n) is 3.63. The number of ether oxygens (including phenoxy) is 1. The molecule has 4 nitrogen and oxygen atoms in total. The molecule has 1 aromatic carbocycles. The fourth-order valence-corrected chi connectivity index (χ4v) is 3.63. The van der Waals surface area contributed by atoms with Gasteiger partial charge in [0.25, 0.3) is 0 Å². The Morgan fingerprint density at radius 3 is 2.50 bits per heavy atom. The minimum absolute atomic E-state index is 0.0618. The van der Waals surface area contributed by atoms with Gasteiger partial charge in [0.1, 0.15) is 5.56 Å². The molecule has 0 amide bonds. The van der Waals surface area contributed by atoms with Crippen molar-refractivity contribution in [2.75, 3.05) is 11.9 Å². The summed E-state index contributed by atoms with van der Waals surface area (Å²) in [7, 11) is 1.59. The summed E-state index contributed by atoms with van der Waals surface area (Å²) in [5.74, 6) is 0.258. The van der Waals surface area contributed by atoms with Crippen molar-refractivity contribution in [3.8, 4) is 6.01 Å². The molecule has 28 heavy (non-hydrogen) atoms. The number of nitrogens with zero attached hydrogens (tertiary/aromatic N) is 3. The molecule has 0 radical (unpaired) electrons. The smallest absolute Gasteiger partial charge is 0.421 e. The summed E-state index contributed by atoms with van der Waals surface area (Å²) in [6, 6.07) is 7.67. The Kier molecular flexibility index (Phi) is 6.10. The first kappa shape index (κ1) is 20.4. The Morgan fingerprint density at radius 1 is 1.14 bits per heavy atom. The van der Waals surface area contributed by atoms with Crippen LogP contribution in [0.3, 0.4) is 0 Å². The van der Waals surface area contributed by atoms with Crippen molar-refractivity contribution >= 4 is 11.5 Å². The molecule has 0 N–H and O–H groups in total. The van der Waals surface area contributed by atoms with Gasteiger partial charge < -0.3 is 9.64 Å². The largest absolute Gasteiger partial charge is 0.461 e. The number of rotatable bonds is 5. The minimum atomic E-state index is -4.55. The van der Waals surface area contributed by atoms with Crippen LogP contribution in [0.1, 0.15) is 63.0 Å². The molecule has 1 heterocycles. The lowest BCUT2D eigenvalue weighted by Gasteiger charge is -2.26. The van der Waals surface area contributed by atoms with Gasteiger partial charge in [0.15, 0.2) is 5.82 Å².